The molecule has 0 saturated heterocycles. The summed E-state index contributed by atoms with van der Waals surface area (Å²) in [4.78, 5) is 11.4. The molecule has 0 unspecified atom stereocenters. The first-order chi connectivity index (χ1) is 6.56. The van der Waals surface area contributed by atoms with E-state index < -0.39 is 0 Å². The number of phenols is 1. The number of ketones is 1. The van der Waals surface area contributed by atoms with Gasteiger partial charge in [-0.05, 0) is 43.9 Å². The number of benzene rings is 1. The van der Waals surface area contributed by atoms with Crippen molar-refractivity contribution in [3.63, 3.8) is 0 Å². The first-order valence-corrected chi connectivity index (χ1v) is 4.33. The fourth-order valence-corrected chi connectivity index (χ4v) is 1.31. The lowest BCUT2D eigenvalue weighted by molar-refractivity contribution is 0.105. The molecule has 0 heterocycles. The Morgan fingerprint density at radius 1 is 1.36 bits per heavy atom. The Labute approximate surface area is 83.6 Å². The molecule has 0 radical (unpaired) electrons. The Bertz CT molecular complexity index is 434. The molecule has 0 fully saturated rings. The van der Waals surface area contributed by atoms with Gasteiger partial charge in [0, 0.05) is 0 Å². The van der Waals surface area contributed by atoms with Crippen LogP contribution in [0.25, 0.3) is 0 Å². The Hall–Kier alpha value is -1.75. The van der Waals surface area contributed by atoms with E-state index in [-0.39, 0.29) is 17.1 Å². The molecule has 0 bridgehead atoms. The summed E-state index contributed by atoms with van der Waals surface area (Å²) in [6, 6.07) is 3.47. The predicted molar refractivity (Wildman–Crippen MR) is 55.4 cm³/mol. The molecule has 72 valence electrons. The highest BCUT2D eigenvalue weighted by Crippen LogP contribution is 2.23. The average molecular weight is 188 g/mol. The molecule has 0 atom stereocenters. The fraction of sp³-hybridized carbons (Fsp3) is 0.250. The van der Waals surface area contributed by atoms with Crippen LogP contribution in [-0.2, 0) is 0 Å². The Balaban J connectivity index is 3.31. The minimum Gasteiger partial charge on any atom is -0.507 e. The molecule has 1 N–H and O–H groups in total. The van der Waals surface area contributed by atoms with Gasteiger partial charge in [-0.1, -0.05) is 12.0 Å². The van der Waals surface area contributed by atoms with Crippen LogP contribution in [0.15, 0.2) is 12.1 Å². The van der Waals surface area contributed by atoms with E-state index in [1.165, 1.54) is 0 Å². The number of rotatable bonds is 1. The first kappa shape index (κ1) is 10.3. The fourth-order valence-electron chi connectivity index (χ4n) is 1.31. The Kier molecular flexibility index (Phi) is 2.93. The number of hydrogen-bond donors (Lipinski definition) is 1. The summed E-state index contributed by atoms with van der Waals surface area (Å²) in [6.07, 6.45) is 0. The van der Waals surface area contributed by atoms with Crippen LogP contribution in [0.5, 0.6) is 5.75 Å². The topological polar surface area (TPSA) is 37.3 Å². The third-order valence-corrected chi connectivity index (χ3v) is 1.93. The number of phenolic OH excluding ortho intramolecular Hbond substituents is 1. The van der Waals surface area contributed by atoms with Gasteiger partial charge in [-0.3, -0.25) is 4.79 Å². The molecule has 0 saturated carbocycles. The van der Waals surface area contributed by atoms with E-state index in [1.807, 2.05) is 13.0 Å². The summed E-state index contributed by atoms with van der Waals surface area (Å²) in [5.74, 6) is 4.62. The van der Waals surface area contributed by atoms with E-state index >= 15 is 0 Å². The highest BCUT2D eigenvalue weighted by Gasteiger charge is 2.11. The van der Waals surface area contributed by atoms with Crippen molar-refractivity contribution in [3.8, 4) is 17.6 Å². The van der Waals surface area contributed by atoms with Crippen LogP contribution in [0, 0.1) is 25.7 Å². The van der Waals surface area contributed by atoms with E-state index in [0.29, 0.717) is 5.56 Å². The molecule has 14 heavy (non-hydrogen) atoms. The summed E-state index contributed by atoms with van der Waals surface area (Å²) in [6.45, 7) is 5.23. The monoisotopic (exact) mass is 188 g/mol. The van der Waals surface area contributed by atoms with E-state index in [2.05, 4.69) is 11.8 Å². The maximum absolute atomic E-state index is 11.4. The Morgan fingerprint density at radius 3 is 2.57 bits per heavy atom. The second-order valence-electron chi connectivity index (χ2n) is 3.18. The molecule has 0 aliphatic carbocycles. The van der Waals surface area contributed by atoms with Gasteiger partial charge in [0.2, 0.25) is 5.78 Å². The van der Waals surface area contributed by atoms with Crippen molar-refractivity contribution in [2.45, 2.75) is 20.8 Å². The summed E-state index contributed by atoms with van der Waals surface area (Å²) in [7, 11) is 0. The molecule has 0 aromatic heterocycles. The SMILES string of the molecule is CC#CC(=O)c1cc(C)cc(C)c1O. The highest BCUT2D eigenvalue weighted by molar-refractivity contribution is 6.11. The maximum Gasteiger partial charge on any atom is 0.239 e. The van der Waals surface area contributed by atoms with E-state index in [4.69, 9.17) is 0 Å². The van der Waals surface area contributed by atoms with Crippen LogP contribution in [0.3, 0.4) is 0 Å². The zero-order valence-electron chi connectivity index (χ0n) is 8.51. The van der Waals surface area contributed by atoms with Gasteiger partial charge >= 0.3 is 0 Å². The summed E-state index contributed by atoms with van der Waals surface area (Å²) in [5, 5.41) is 9.63. The van der Waals surface area contributed by atoms with Crippen LogP contribution in [0.1, 0.15) is 28.4 Å². The second kappa shape index (κ2) is 3.97. The molecule has 0 aliphatic rings. The molecule has 0 amide bonds. The molecule has 2 nitrogen and oxygen atoms in total. The van der Waals surface area contributed by atoms with Crippen LogP contribution < -0.4 is 0 Å². The largest absolute Gasteiger partial charge is 0.507 e. The third-order valence-electron chi connectivity index (χ3n) is 1.93. The van der Waals surface area contributed by atoms with Gasteiger partial charge in [0.15, 0.2) is 0 Å². The summed E-state index contributed by atoms with van der Waals surface area (Å²) in [5.41, 5.74) is 1.93. The van der Waals surface area contributed by atoms with Crippen LogP contribution >= 0.6 is 0 Å². The van der Waals surface area contributed by atoms with Crippen LogP contribution in [0.4, 0.5) is 0 Å². The zero-order valence-corrected chi connectivity index (χ0v) is 8.51. The number of aryl methyl sites for hydroxylation is 2. The van der Waals surface area contributed by atoms with E-state index in [1.54, 1.807) is 19.9 Å². The lowest BCUT2D eigenvalue weighted by Crippen LogP contribution is -1.97. The number of hydrogen-bond acceptors (Lipinski definition) is 2. The van der Waals surface area contributed by atoms with Crippen LogP contribution in [0.2, 0.25) is 0 Å². The maximum atomic E-state index is 11.4. The van der Waals surface area contributed by atoms with Crippen molar-refractivity contribution < 1.29 is 9.90 Å². The van der Waals surface area contributed by atoms with Crippen LogP contribution in [-0.4, -0.2) is 10.9 Å². The number of carbonyl (C=O) groups is 1. The summed E-state index contributed by atoms with van der Waals surface area (Å²) < 4.78 is 0. The minimum atomic E-state index is -0.336. The normalized spacial score (nSPS) is 9.07. The van der Waals surface area contributed by atoms with Crippen molar-refractivity contribution in [1.29, 1.82) is 0 Å². The van der Waals surface area contributed by atoms with Gasteiger partial charge in [-0.15, -0.1) is 0 Å². The van der Waals surface area contributed by atoms with Crippen molar-refractivity contribution in [1.82, 2.24) is 0 Å². The van der Waals surface area contributed by atoms with Gasteiger partial charge in [0.1, 0.15) is 5.75 Å². The van der Waals surface area contributed by atoms with E-state index in [0.717, 1.165) is 5.56 Å². The van der Waals surface area contributed by atoms with Gasteiger partial charge in [-0.2, -0.15) is 0 Å². The highest BCUT2D eigenvalue weighted by atomic mass is 16.3. The molecule has 1 rings (SSSR count). The van der Waals surface area contributed by atoms with Crippen molar-refractivity contribution >= 4 is 5.78 Å². The lowest BCUT2D eigenvalue weighted by atomic mass is 10.0. The van der Waals surface area contributed by atoms with Gasteiger partial charge in [0.05, 0.1) is 5.56 Å². The van der Waals surface area contributed by atoms with E-state index in [9.17, 15) is 9.90 Å². The molecule has 0 spiro atoms. The molecule has 0 aliphatic heterocycles. The van der Waals surface area contributed by atoms with Crippen molar-refractivity contribution in [3.05, 3.63) is 28.8 Å². The predicted octanol–water partition coefficient (Wildman–Crippen LogP) is 2.22. The zero-order chi connectivity index (χ0) is 10.7. The molecule has 1 aromatic rings. The van der Waals surface area contributed by atoms with Gasteiger partial charge in [0.25, 0.3) is 0 Å². The van der Waals surface area contributed by atoms with Gasteiger partial charge in [-0.25, -0.2) is 0 Å². The second-order valence-corrected chi connectivity index (χ2v) is 3.18. The standard InChI is InChI=1S/C12H12O2/c1-4-5-11(13)10-7-8(2)6-9(3)12(10)14/h6-7,14H,1-3H3. The van der Waals surface area contributed by atoms with Crippen molar-refractivity contribution in [2.75, 3.05) is 0 Å². The quantitative estimate of drug-likeness (QED) is 0.417. The molecular formula is C12H12O2. The Morgan fingerprint density at radius 2 is 2.00 bits per heavy atom. The summed E-state index contributed by atoms with van der Waals surface area (Å²) >= 11 is 0. The molecular weight excluding hydrogens is 176 g/mol. The number of carbonyl (C=O) groups excluding carboxylic acids is 1. The molecule has 2 heteroatoms. The number of Topliss-reactive ketones (excluding diaryl/α,β-unsaturated/α-hetero) is 1. The number of aromatic hydroxyl groups is 1. The van der Waals surface area contributed by atoms with Gasteiger partial charge < -0.3 is 5.11 Å². The first-order valence-electron chi connectivity index (χ1n) is 4.33. The average Bonchev–Trinajstić information content (AvgIpc) is 2.11. The third kappa shape index (κ3) is 1.94. The smallest absolute Gasteiger partial charge is 0.239 e. The molecule has 1 aromatic carbocycles. The lowest BCUT2D eigenvalue weighted by Gasteiger charge is -2.04. The minimum absolute atomic E-state index is 0.0309. The van der Waals surface area contributed by atoms with Crippen molar-refractivity contribution in [2.24, 2.45) is 0 Å².